The number of hydrogen-bond donors (Lipinski definition) is 1. The highest BCUT2D eigenvalue weighted by atomic mass is 16.5. The van der Waals surface area contributed by atoms with Gasteiger partial charge in [-0.05, 0) is 36.5 Å². The van der Waals surface area contributed by atoms with E-state index in [1.807, 2.05) is 52.3 Å². The second-order valence-electron chi connectivity index (χ2n) is 10.8. The normalized spacial score (nSPS) is 19.6. The summed E-state index contributed by atoms with van der Waals surface area (Å²) >= 11 is 0. The third-order valence-electron chi connectivity index (χ3n) is 7.58. The van der Waals surface area contributed by atoms with Crippen LogP contribution in [0.2, 0.25) is 0 Å². The first kappa shape index (κ1) is 28.8. The van der Waals surface area contributed by atoms with Crippen LogP contribution in [0.25, 0.3) is 11.0 Å². The van der Waals surface area contributed by atoms with E-state index >= 15 is 0 Å². The predicted molar refractivity (Wildman–Crippen MR) is 155 cm³/mol. The molecule has 0 saturated carbocycles. The average molecular weight is 534 g/mol. The first-order chi connectivity index (χ1) is 18.5. The van der Waals surface area contributed by atoms with Gasteiger partial charge >= 0.3 is 0 Å². The average Bonchev–Trinajstić information content (AvgIpc) is 3.33. The molecule has 2 saturated heterocycles. The van der Waals surface area contributed by atoms with Crippen LogP contribution in [0, 0.1) is 11.8 Å². The number of carbonyl (C=O) groups is 2. The summed E-state index contributed by atoms with van der Waals surface area (Å²) in [4.78, 5) is 36.3. The van der Waals surface area contributed by atoms with Crippen molar-refractivity contribution in [3.05, 3.63) is 66.0 Å². The zero-order valence-corrected chi connectivity index (χ0v) is 22.5. The third-order valence-corrected chi connectivity index (χ3v) is 7.58. The summed E-state index contributed by atoms with van der Waals surface area (Å²) in [5.41, 5.74) is 3.03. The summed E-state index contributed by atoms with van der Waals surface area (Å²) < 4.78 is 7.51. The Morgan fingerprint density at radius 2 is 1.77 bits per heavy atom. The molecule has 39 heavy (non-hydrogen) atoms. The summed E-state index contributed by atoms with van der Waals surface area (Å²) in [6.07, 6.45) is 1.47. The van der Waals surface area contributed by atoms with E-state index in [9.17, 15) is 9.59 Å². The summed E-state index contributed by atoms with van der Waals surface area (Å²) in [6.45, 7) is 9.32. The van der Waals surface area contributed by atoms with Crippen LogP contribution in [-0.4, -0.2) is 83.1 Å². The Hall–Kier alpha value is -3.23. The fraction of sp³-hybridized carbons (Fsp3) is 0.516. The van der Waals surface area contributed by atoms with Gasteiger partial charge in [-0.1, -0.05) is 63.7 Å². The largest absolute Gasteiger partial charge is 0.378 e. The zero-order chi connectivity index (χ0) is 26.5. The van der Waals surface area contributed by atoms with E-state index in [0.29, 0.717) is 64.7 Å². The number of imidazole rings is 1. The molecule has 1 N–H and O–H groups in total. The van der Waals surface area contributed by atoms with Crippen molar-refractivity contribution < 1.29 is 14.3 Å². The number of piperidine rings is 1. The molecule has 210 valence electrons. The van der Waals surface area contributed by atoms with Crippen LogP contribution in [-0.2, 0) is 22.5 Å². The molecule has 1 aromatic heterocycles. The lowest BCUT2D eigenvalue weighted by atomic mass is 9.92. The highest BCUT2D eigenvalue weighted by molar-refractivity contribution is 5.95. The molecule has 2 atom stereocenters. The number of para-hydroxylation sites is 2. The number of hydrogen-bond acceptors (Lipinski definition) is 5. The van der Waals surface area contributed by atoms with Crippen molar-refractivity contribution in [2.75, 3.05) is 45.9 Å². The monoisotopic (exact) mass is 533 g/mol. The van der Waals surface area contributed by atoms with Crippen molar-refractivity contribution in [3.8, 4) is 0 Å². The lowest BCUT2D eigenvalue weighted by molar-refractivity contribution is -0.140. The Balaban J connectivity index is 0.00000353. The van der Waals surface area contributed by atoms with Gasteiger partial charge < -0.3 is 24.4 Å². The molecule has 0 unspecified atom stereocenters. The van der Waals surface area contributed by atoms with Gasteiger partial charge in [0.1, 0.15) is 0 Å². The molecule has 8 nitrogen and oxygen atoms in total. The Kier molecular flexibility index (Phi) is 9.75. The highest BCUT2D eigenvalue weighted by Crippen LogP contribution is 2.24. The predicted octanol–water partition coefficient (Wildman–Crippen LogP) is 3.85. The zero-order valence-electron chi connectivity index (χ0n) is 22.5. The summed E-state index contributed by atoms with van der Waals surface area (Å²) in [5.74, 6) is 0.721. The fourth-order valence-electron chi connectivity index (χ4n) is 5.66. The highest BCUT2D eigenvalue weighted by Gasteiger charge is 2.36. The van der Waals surface area contributed by atoms with Gasteiger partial charge in [0.05, 0.1) is 30.2 Å². The molecule has 2 aliphatic rings. The Morgan fingerprint density at radius 3 is 2.51 bits per heavy atom. The van der Waals surface area contributed by atoms with Crippen LogP contribution in [0.5, 0.6) is 0 Å². The van der Waals surface area contributed by atoms with Crippen LogP contribution < -0.4 is 5.32 Å². The maximum atomic E-state index is 14.3. The number of aromatic nitrogens is 2. The van der Waals surface area contributed by atoms with E-state index in [0.717, 1.165) is 17.5 Å². The molecule has 8 heteroatoms. The van der Waals surface area contributed by atoms with Gasteiger partial charge in [-0.3, -0.25) is 9.59 Å². The number of carbonyl (C=O) groups excluding carboxylic acids is 2. The van der Waals surface area contributed by atoms with Crippen LogP contribution in [0.4, 0.5) is 0 Å². The van der Waals surface area contributed by atoms with Gasteiger partial charge in [-0.2, -0.15) is 0 Å². The topological polar surface area (TPSA) is 79.7 Å². The SMILES string of the molecule is C.CC(C)CN(C(=O)c1nc2ccccc2n1CCc1ccccc1)[C@@H]1CNC[C@H](C(=O)N2CCOCC2)C1. The van der Waals surface area contributed by atoms with Crippen molar-refractivity contribution in [1.82, 2.24) is 24.7 Å². The second-order valence-corrected chi connectivity index (χ2v) is 10.8. The maximum Gasteiger partial charge on any atom is 0.290 e. The molecular weight excluding hydrogens is 490 g/mol. The lowest BCUT2D eigenvalue weighted by Gasteiger charge is -2.40. The van der Waals surface area contributed by atoms with Gasteiger partial charge in [0.2, 0.25) is 5.91 Å². The molecule has 3 heterocycles. The smallest absolute Gasteiger partial charge is 0.290 e. The minimum atomic E-state index is -0.147. The molecule has 3 aromatic rings. The quantitative estimate of drug-likeness (QED) is 0.476. The number of ether oxygens (including phenoxy) is 1. The fourth-order valence-corrected chi connectivity index (χ4v) is 5.66. The van der Waals surface area contributed by atoms with Gasteiger partial charge in [0.15, 0.2) is 5.82 Å². The van der Waals surface area contributed by atoms with E-state index in [4.69, 9.17) is 9.72 Å². The van der Waals surface area contributed by atoms with Crippen molar-refractivity contribution in [3.63, 3.8) is 0 Å². The third kappa shape index (κ3) is 6.68. The minimum Gasteiger partial charge on any atom is -0.378 e. The first-order valence-electron chi connectivity index (χ1n) is 13.9. The Bertz CT molecular complexity index is 1240. The molecule has 2 aliphatic heterocycles. The number of amides is 2. The Labute approximate surface area is 232 Å². The number of morpholine rings is 1. The number of aryl methyl sites for hydroxylation is 2. The van der Waals surface area contributed by atoms with Crippen LogP contribution >= 0.6 is 0 Å². The van der Waals surface area contributed by atoms with Crippen LogP contribution in [0.1, 0.15) is 43.9 Å². The maximum absolute atomic E-state index is 14.3. The van der Waals surface area contributed by atoms with Crippen molar-refractivity contribution in [2.45, 2.75) is 46.7 Å². The van der Waals surface area contributed by atoms with E-state index in [2.05, 4.69) is 35.9 Å². The van der Waals surface area contributed by atoms with Crippen molar-refractivity contribution >= 4 is 22.8 Å². The van der Waals surface area contributed by atoms with Gasteiger partial charge in [0, 0.05) is 45.3 Å². The summed E-state index contributed by atoms with van der Waals surface area (Å²) in [7, 11) is 0. The molecule has 2 aromatic carbocycles. The number of fused-ring (bicyclic) bond motifs is 1. The molecule has 0 spiro atoms. The molecular formula is C31H43N5O3. The minimum absolute atomic E-state index is 0. The van der Waals surface area contributed by atoms with E-state index in [1.54, 1.807) is 0 Å². The standard InChI is InChI=1S/C30H39N5O3.CH4/c1-22(2)21-35(25-18-24(19-31-20-25)29(36)33-14-16-38-17-15-33)30(37)28-32-26-10-6-7-11-27(26)34(28)13-12-23-8-4-3-5-9-23;/h3-11,22,24-25,31H,12-21H2,1-2H3;1H4/t24-,25+;/m1./s1. The molecule has 0 aliphatic carbocycles. The molecule has 0 radical (unpaired) electrons. The lowest BCUT2D eigenvalue weighted by Crippen LogP contribution is -2.56. The number of nitrogens with zero attached hydrogens (tertiary/aromatic N) is 4. The van der Waals surface area contributed by atoms with Gasteiger partial charge in [-0.25, -0.2) is 4.98 Å². The summed E-state index contributed by atoms with van der Waals surface area (Å²) in [6, 6.07) is 18.2. The summed E-state index contributed by atoms with van der Waals surface area (Å²) in [5, 5.41) is 3.45. The molecule has 0 bridgehead atoms. The van der Waals surface area contributed by atoms with E-state index < -0.39 is 0 Å². The molecule has 2 amide bonds. The van der Waals surface area contributed by atoms with Crippen LogP contribution in [0.3, 0.4) is 0 Å². The first-order valence-corrected chi connectivity index (χ1v) is 13.9. The van der Waals surface area contributed by atoms with Gasteiger partial charge in [-0.15, -0.1) is 0 Å². The van der Waals surface area contributed by atoms with E-state index in [-0.39, 0.29) is 37.1 Å². The number of rotatable bonds is 8. The number of nitrogens with one attached hydrogen (secondary N) is 1. The van der Waals surface area contributed by atoms with Crippen molar-refractivity contribution in [1.29, 1.82) is 0 Å². The Morgan fingerprint density at radius 1 is 1.05 bits per heavy atom. The van der Waals surface area contributed by atoms with E-state index in [1.165, 1.54) is 5.56 Å². The van der Waals surface area contributed by atoms with Gasteiger partial charge in [0.25, 0.3) is 5.91 Å². The van der Waals surface area contributed by atoms with Crippen molar-refractivity contribution in [2.24, 2.45) is 11.8 Å². The molecule has 5 rings (SSSR count). The van der Waals surface area contributed by atoms with Crippen LogP contribution in [0.15, 0.2) is 54.6 Å². The number of benzene rings is 2. The molecule has 2 fully saturated rings. The second kappa shape index (κ2) is 13.2.